The van der Waals surface area contributed by atoms with E-state index in [1.165, 1.54) is 12.1 Å². The van der Waals surface area contributed by atoms with Gasteiger partial charge in [-0.1, -0.05) is 0 Å². The fraction of sp³-hybridized carbons (Fsp3) is 0.429. The van der Waals surface area contributed by atoms with Crippen molar-refractivity contribution in [3.8, 4) is 5.95 Å². The largest absolute Gasteiger partial charge is 0.330 e. The van der Waals surface area contributed by atoms with E-state index in [-0.39, 0.29) is 0 Å². The Morgan fingerprint density at radius 1 is 1.26 bits per heavy atom. The molecule has 2 aromatic rings. The van der Waals surface area contributed by atoms with E-state index in [2.05, 4.69) is 25.5 Å². The Labute approximate surface area is 113 Å². The van der Waals surface area contributed by atoms with Crippen molar-refractivity contribution >= 4 is 0 Å². The summed E-state index contributed by atoms with van der Waals surface area (Å²) >= 11 is 0. The van der Waals surface area contributed by atoms with Crippen molar-refractivity contribution in [2.24, 2.45) is 11.7 Å². The zero-order valence-corrected chi connectivity index (χ0v) is 10.9. The monoisotopic (exact) mass is 257 g/mol. The number of aromatic nitrogens is 3. The molecule has 0 aromatic carbocycles. The SMILES string of the molecule is NC[C@@H]1CCN(Cc2cccn2-c2ncccn2)C1. The van der Waals surface area contributed by atoms with Gasteiger partial charge in [0.2, 0.25) is 5.95 Å². The van der Waals surface area contributed by atoms with E-state index in [1.807, 2.05) is 18.3 Å². The molecule has 1 aliphatic heterocycles. The molecule has 2 N–H and O–H groups in total. The first-order chi connectivity index (χ1) is 9.36. The van der Waals surface area contributed by atoms with Gasteiger partial charge in [-0.05, 0) is 43.6 Å². The third kappa shape index (κ3) is 2.67. The maximum atomic E-state index is 5.74. The highest BCUT2D eigenvalue weighted by atomic mass is 15.2. The smallest absolute Gasteiger partial charge is 0.233 e. The summed E-state index contributed by atoms with van der Waals surface area (Å²) in [5, 5.41) is 0. The average molecular weight is 257 g/mol. The molecule has 1 fully saturated rings. The standard InChI is InChI=1S/C14H19N5/c15-9-12-4-8-18(10-12)11-13-3-1-7-19(13)14-16-5-2-6-17-14/h1-3,5-7,12H,4,8-11,15H2/t12-/m0/s1. The third-order valence-electron chi connectivity index (χ3n) is 3.69. The third-order valence-corrected chi connectivity index (χ3v) is 3.69. The van der Waals surface area contributed by atoms with E-state index in [0.29, 0.717) is 5.92 Å². The van der Waals surface area contributed by atoms with Gasteiger partial charge in [-0.15, -0.1) is 0 Å². The van der Waals surface area contributed by atoms with Crippen LogP contribution in [0.5, 0.6) is 0 Å². The molecule has 0 radical (unpaired) electrons. The fourth-order valence-corrected chi connectivity index (χ4v) is 2.63. The number of nitrogens with two attached hydrogens (primary N) is 1. The van der Waals surface area contributed by atoms with E-state index in [4.69, 9.17) is 5.73 Å². The molecule has 0 unspecified atom stereocenters. The van der Waals surface area contributed by atoms with Crippen molar-refractivity contribution in [1.29, 1.82) is 0 Å². The minimum Gasteiger partial charge on any atom is -0.330 e. The number of nitrogens with zero attached hydrogens (tertiary/aromatic N) is 4. The summed E-state index contributed by atoms with van der Waals surface area (Å²) in [5.41, 5.74) is 6.96. The predicted octanol–water partition coefficient (Wildman–Crippen LogP) is 1.05. The molecule has 1 saturated heterocycles. The van der Waals surface area contributed by atoms with Gasteiger partial charge in [0.05, 0.1) is 0 Å². The molecule has 0 bridgehead atoms. The highest BCUT2D eigenvalue weighted by molar-refractivity contribution is 5.20. The van der Waals surface area contributed by atoms with Gasteiger partial charge >= 0.3 is 0 Å². The Morgan fingerprint density at radius 2 is 2.11 bits per heavy atom. The van der Waals surface area contributed by atoms with Crippen LogP contribution in [-0.2, 0) is 6.54 Å². The van der Waals surface area contributed by atoms with Gasteiger partial charge in [0.1, 0.15) is 0 Å². The summed E-state index contributed by atoms with van der Waals surface area (Å²) < 4.78 is 2.05. The Balaban J connectivity index is 1.75. The summed E-state index contributed by atoms with van der Waals surface area (Å²) in [6, 6.07) is 6.01. The summed E-state index contributed by atoms with van der Waals surface area (Å²) in [7, 11) is 0. The second-order valence-electron chi connectivity index (χ2n) is 5.04. The van der Waals surface area contributed by atoms with Crippen LogP contribution in [0.4, 0.5) is 0 Å². The molecule has 5 heteroatoms. The maximum Gasteiger partial charge on any atom is 0.233 e. The average Bonchev–Trinajstić information content (AvgIpc) is 3.09. The Hall–Kier alpha value is -1.72. The van der Waals surface area contributed by atoms with E-state index in [0.717, 1.165) is 32.1 Å². The number of likely N-dealkylation sites (tertiary alicyclic amines) is 1. The molecule has 1 aliphatic rings. The lowest BCUT2D eigenvalue weighted by Crippen LogP contribution is -2.24. The van der Waals surface area contributed by atoms with Crippen LogP contribution in [0.1, 0.15) is 12.1 Å². The van der Waals surface area contributed by atoms with Crippen molar-refractivity contribution < 1.29 is 0 Å². The van der Waals surface area contributed by atoms with Crippen LogP contribution in [0, 0.1) is 5.92 Å². The van der Waals surface area contributed by atoms with Crippen molar-refractivity contribution in [3.63, 3.8) is 0 Å². The zero-order valence-electron chi connectivity index (χ0n) is 10.9. The first kappa shape index (κ1) is 12.3. The molecule has 1 atom stereocenters. The lowest BCUT2D eigenvalue weighted by Gasteiger charge is -2.16. The first-order valence-electron chi connectivity index (χ1n) is 6.73. The molecule has 3 rings (SSSR count). The van der Waals surface area contributed by atoms with E-state index in [1.54, 1.807) is 12.4 Å². The number of rotatable bonds is 4. The summed E-state index contributed by atoms with van der Waals surface area (Å²) in [5.74, 6) is 1.38. The molecule has 100 valence electrons. The van der Waals surface area contributed by atoms with Crippen LogP contribution in [-0.4, -0.2) is 39.1 Å². The quantitative estimate of drug-likeness (QED) is 0.889. The second kappa shape index (κ2) is 5.50. The van der Waals surface area contributed by atoms with Crippen molar-refractivity contribution in [2.45, 2.75) is 13.0 Å². The predicted molar refractivity (Wildman–Crippen MR) is 73.8 cm³/mol. The molecular weight excluding hydrogens is 238 g/mol. The molecule has 0 saturated carbocycles. The fourth-order valence-electron chi connectivity index (χ4n) is 2.63. The van der Waals surface area contributed by atoms with Gasteiger partial charge in [-0.25, -0.2) is 9.97 Å². The first-order valence-corrected chi connectivity index (χ1v) is 6.73. The molecule has 19 heavy (non-hydrogen) atoms. The van der Waals surface area contributed by atoms with Crippen LogP contribution in [0.25, 0.3) is 5.95 Å². The van der Waals surface area contributed by atoms with Crippen molar-refractivity contribution in [3.05, 3.63) is 42.5 Å². The minimum absolute atomic E-state index is 0.649. The van der Waals surface area contributed by atoms with E-state index < -0.39 is 0 Å². The van der Waals surface area contributed by atoms with E-state index in [9.17, 15) is 0 Å². The second-order valence-corrected chi connectivity index (χ2v) is 5.04. The van der Waals surface area contributed by atoms with Crippen molar-refractivity contribution in [2.75, 3.05) is 19.6 Å². The van der Waals surface area contributed by atoms with Crippen LogP contribution in [0.2, 0.25) is 0 Å². The maximum absolute atomic E-state index is 5.74. The summed E-state index contributed by atoms with van der Waals surface area (Å²) in [4.78, 5) is 11.1. The molecule has 0 spiro atoms. The Morgan fingerprint density at radius 3 is 2.84 bits per heavy atom. The van der Waals surface area contributed by atoms with Gasteiger partial charge < -0.3 is 5.73 Å². The van der Waals surface area contributed by atoms with Gasteiger partial charge in [0.15, 0.2) is 0 Å². The lowest BCUT2D eigenvalue weighted by molar-refractivity contribution is 0.312. The van der Waals surface area contributed by atoms with Crippen LogP contribution >= 0.6 is 0 Å². The van der Waals surface area contributed by atoms with Gasteiger partial charge in [0, 0.05) is 37.4 Å². The Bertz CT molecular complexity index is 522. The van der Waals surface area contributed by atoms with Crippen LogP contribution in [0.3, 0.4) is 0 Å². The topological polar surface area (TPSA) is 60.0 Å². The lowest BCUT2D eigenvalue weighted by atomic mass is 10.1. The summed E-state index contributed by atoms with van der Waals surface area (Å²) in [6.07, 6.45) is 6.76. The molecule has 0 aliphatic carbocycles. The van der Waals surface area contributed by atoms with Gasteiger partial charge in [-0.2, -0.15) is 0 Å². The molecule has 2 aromatic heterocycles. The van der Waals surface area contributed by atoms with Crippen molar-refractivity contribution in [1.82, 2.24) is 19.4 Å². The highest BCUT2D eigenvalue weighted by Gasteiger charge is 2.22. The van der Waals surface area contributed by atoms with E-state index >= 15 is 0 Å². The number of hydrogen-bond acceptors (Lipinski definition) is 4. The molecule has 3 heterocycles. The Kier molecular flexibility index (Phi) is 3.57. The van der Waals surface area contributed by atoms with Crippen LogP contribution in [0.15, 0.2) is 36.8 Å². The molecular formula is C14H19N5. The normalized spacial score (nSPS) is 19.9. The molecule has 5 nitrogen and oxygen atoms in total. The zero-order chi connectivity index (χ0) is 13.1. The van der Waals surface area contributed by atoms with Gasteiger partial charge in [0.25, 0.3) is 0 Å². The minimum atomic E-state index is 0.649. The summed E-state index contributed by atoms with van der Waals surface area (Å²) in [6.45, 7) is 3.95. The highest BCUT2D eigenvalue weighted by Crippen LogP contribution is 2.18. The van der Waals surface area contributed by atoms with Gasteiger partial charge in [-0.3, -0.25) is 9.47 Å². The van der Waals surface area contributed by atoms with Crippen LogP contribution < -0.4 is 5.73 Å². The number of hydrogen-bond donors (Lipinski definition) is 1. The molecule has 0 amide bonds.